The lowest BCUT2D eigenvalue weighted by Crippen LogP contribution is -2.11. The van der Waals surface area contributed by atoms with Crippen LogP contribution in [-0.2, 0) is 6.54 Å². The molecule has 0 bridgehead atoms. The van der Waals surface area contributed by atoms with Crippen LogP contribution in [0.15, 0.2) is 10.9 Å². The number of anilines is 2. The van der Waals surface area contributed by atoms with Crippen LogP contribution in [0.4, 0.5) is 11.6 Å². The third-order valence-electron chi connectivity index (χ3n) is 3.42. The van der Waals surface area contributed by atoms with Gasteiger partial charge in [0.25, 0.3) is 0 Å². The minimum Gasteiger partial charge on any atom is -0.370 e. The first-order valence-corrected chi connectivity index (χ1v) is 7.29. The maximum atomic E-state index is 5.19. The number of aryl methyl sites for hydroxylation is 2. The third-order valence-corrected chi connectivity index (χ3v) is 3.42. The van der Waals surface area contributed by atoms with E-state index in [4.69, 9.17) is 4.52 Å². The fraction of sp³-hybridized carbons (Fsp3) is 0.533. The number of aromatic nitrogens is 3. The molecule has 0 spiro atoms. The largest absolute Gasteiger partial charge is 0.370 e. The molecule has 2 N–H and O–H groups in total. The SMILES string of the molecule is CCNc1ncnc(NCc2c(C)noc2C)c1C(C)C. The van der Waals surface area contributed by atoms with Crippen LogP contribution in [0.1, 0.15) is 49.3 Å². The number of hydrogen-bond donors (Lipinski definition) is 2. The fourth-order valence-electron chi connectivity index (χ4n) is 2.32. The summed E-state index contributed by atoms with van der Waals surface area (Å²) < 4.78 is 5.19. The minimum absolute atomic E-state index is 0.326. The molecule has 2 aromatic heterocycles. The van der Waals surface area contributed by atoms with Crippen LogP contribution >= 0.6 is 0 Å². The van der Waals surface area contributed by atoms with Crippen molar-refractivity contribution in [2.24, 2.45) is 0 Å². The molecule has 0 radical (unpaired) electrons. The van der Waals surface area contributed by atoms with Crippen molar-refractivity contribution in [3.05, 3.63) is 28.9 Å². The average Bonchev–Trinajstić information content (AvgIpc) is 2.76. The van der Waals surface area contributed by atoms with Crippen molar-refractivity contribution in [2.45, 2.75) is 47.1 Å². The van der Waals surface area contributed by atoms with Gasteiger partial charge >= 0.3 is 0 Å². The highest BCUT2D eigenvalue weighted by Crippen LogP contribution is 2.28. The highest BCUT2D eigenvalue weighted by atomic mass is 16.5. The molecule has 0 aliphatic rings. The van der Waals surface area contributed by atoms with E-state index in [-0.39, 0.29) is 0 Å². The molecule has 2 aromatic rings. The summed E-state index contributed by atoms with van der Waals surface area (Å²) in [6.45, 7) is 11.7. The Morgan fingerprint density at radius 1 is 1.14 bits per heavy atom. The maximum Gasteiger partial charge on any atom is 0.138 e. The molecule has 21 heavy (non-hydrogen) atoms. The summed E-state index contributed by atoms with van der Waals surface area (Å²) in [6.07, 6.45) is 1.58. The molecule has 6 heteroatoms. The van der Waals surface area contributed by atoms with E-state index < -0.39 is 0 Å². The van der Waals surface area contributed by atoms with Gasteiger partial charge in [-0.25, -0.2) is 9.97 Å². The normalized spacial score (nSPS) is 11.0. The van der Waals surface area contributed by atoms with Gasteiger partial charge in [0.15, 0.2) is 0 Å². The molecular formula is C15H23N5O. The molecule has 114 valence electrons. The van der Waals surface area contributed by atoms with Crippen LogP contribution in [0.3, 0.4) is 0 Å². The second-order valence-corrected chi connectivity index (χ2v) is 5.33. The quantitative estimate of drug-likeness (QED) is 0.850. The maximum absolute atomic E-state index is 5.19. The summed E-state index contributed by atoms with van der Waals surface area (Å²) in [4.78, 5) is 8.73. The molecule has 0 saturated heterocycles. The van der Waals surface area contributed by atoms with Gasteiger partial charge in [-0.3, -0.25) is 0 Å². The number of rotatable bonds is 6. The number of nitrogens with one attached hydrogen (secondary N) is 2. The molecule has 0 unspecified atom stereocenters. The Labute approximate surface area is 125 Å². The average molecular weight is 289 g/mol. The zero-order valence-corrected chi connectivity index (χ0v) is 13.3. The Kier molecular flexibility index (Phi) is 4.77. The van der Waals surface area contributed by atoms with E-state index in [1.54, 1.807) is 6.33 Å². The van der Waals surface area contributed by atoms with E-state index in [1.165, 1.54) is 0 Å². The first-order chi connectivity index (χ1) is 10.0. The Bertz CT molecular complexity index is 587. The van der Waals surface area contributed by atoms with Gasteiger partial charge in [-0.1, -0.05) is 19.0 Å². The molecule has 0 amide bonds. The Morgan fingerprint density at radius 2 is 1.81 bits per heavy atom. The molecular weight excluding hydrogens is 266 g/mol. The summed E-state index contributed by atoms with van der Waals surface area (Å²) in [5, 5.41) is 10.7. The van der Waals surface area contributed by atoms with Crippen LogP contribution in [0.5, 0.6) is 0 Å². The topological polar surface area (TPSA) is 75.9 Å². The van der Waals surface area contributed by atoms with Crippen LogP contribution in [0.25, 0.3) is 0 Å². The lowest BCUT2D eigenvalue weighted by Gasteiger charge is -2.17. The van der Waals surface area contributed by atoms with Gasteiger partial charge < -0.3 is 15.2 Å². The van der Waals surface area contributed by atoms with Crippen LogP contribution in [0, 0.1) is 13.8 Å². The molecule has 0 aliphatic heterocycles. The second-order valence-electron chi connectivity index (χ2n) is 5.33. The van der Waals surface area contributed by atoms with Crippen molar-refractivity contribution in [3.8, 4) is 0 Å². The van der Waals surface area contributed by atoms with Gasteiger partial charge in [-0.05, 0) is 26.7 Å². The first-order valence-electron chi connectivity index (χ1n) is 7.29. The molecule has 2 rings (SSSR count). The summed E-state index contributed by atoms with van der Waals surface area (Å²) in [5.74, 6) is 2.92. The van der Waals surface area contributed by atoms with Gasteiger partial charge in [0.05, 0.1) is 5.69 Å². The molecule has 0 fully saturated rings. The van der Waals surface area contributed by atoms with Crippen molar-refractivity contribution in [2.75, 3.05) is 17.2 Å². The summed E-state index contributed by atoms with van der Waals surface area (Å²) in [6, 6.07) is 0. The van der Waals surface area contributed by atoms with Gasteiger partial charge in [0, 0.05) is 24.2 Å². The Morgan fingerprint density at radius 3 is 2.33 bits per heavy atom. The predicted molar refractivity (Wildman–Crippen MR) is 83.6 cm³/mol. The van der Waals surface area contributed by atoms with Crippen LogP contribution < -0.4 is 10.6 Å². The Balaban J connectivity index is 2.25. The number of nitrogens with zero attached hydrogens (tertiary/aromatic N) is 3. The third kappa shape index (κ3) is 3.32. The zero-order valence-electron chi connectivity index (χ0n) is 13.3. The highest BCUT2D eigenvalue weighted by Gasteiger charge is 2.16. The van der Waals surface area contributed by atoms with Crippen molar-refractivity contribution in [3.63, 3.8) is 0 Å². The van der Waals surface area contributed by atoms with Crippen LogP contribution in [0.2, 0.25) is 0 Å². The van der Waals surface area contributed by atoms with E-state index in [9.17, 15) is 0 Å². The first kappa shape index (κ1) is 15.3. The van der Waals surface area contributed by atoms with Crippen molar-refractivity contribution in [1.82, 2.24) is 15.1 Å². The molecule has 0 aliphatic carbocycles. The lowest BCUT2D eigenvalue weighted by molar-refractivity contribution is 0.392. The minimum atomic E-state index is 0.326. The van der Waals surface area contributed by atoms with Gasteiger partial charge in [0.2, 0.25) is 0 Å². The van der Waals surface area contributed by atoms with E-state index in [1.807, 2.05) is 13.8 Å². The van der Waals surface area contributed by atoms with Gasteiger partial charge in [0.1, 0.15) is 23.7 Å². The van der Waals surface area contributed by atoms with E-state index in [2.05, 4.69) is 46.5 Å². The van der Waals surface area contributed by atoms with Crippen molar-refractivity contribution in [1.29, 1.82) is 0 Å². The van der Waals surface area contributed by atoms with Gasteiger partial charge in [-0.15, -0.1) is 0 Å². The summed E-state index contributed by atoms with van der Waals surface area (Å²) >= 11 is 0. The number of hydrogen-bond acceptors (Lipinski definition) is 6. The van der Waals surface area contributed by atoms with Crippen molar-refractivity contribution >= 4 is 11.6 Å². The highest BCUT2D eigenvalue weighted by molar-refractivity contribution is 5.59. The molecule has 0 saturated carbocycles. The van der Waals surface area contributed by atoms with Crippen LogP contribution in [-0.4, -0.2) is 21.7 Å². The van der Waals surface area contributed by atoms with E-state index >= 15 is 0 Å². The molecule has 2 heterocycles. The molecule has 0 aromatic carbocycles. The molecule has 6 nitrogen and oxygen atoms in total. The fourth-order valence-corrected chi connectivity index (χ4v) is 2.32. The van der Waals surface area contributed by atoms with Crippen molar-refractivity contribution < 1.29 is 4.52 Å². The smallest absolute Gasteiger partial charge is 0.138 e. The zero-order chi connectivity index (χ0) is 15.4. The summed E-state index contributed by atoms with van der Waals surface area (Å²) in [5.41, 5.74) is 3.09. The summed E-state index contributed by atoms with van der Waals surface area (Å²) in [7, 11) is 0. The predicted octanol–water partition coefficient (Wildman–Crippen LogP) is 3.25. The van der Waals surface area contributed by atoms with E-state index in [0.29, 0.717) is 12.5 Å². The molecule has 0 atom stereocenters. The lowest BCUT2D eigenvalue weighted by atomic mass is 10.0. The monoisotopic (exact) mass is 289 g/mol. The standard InChI is InChI=1S/C15H23N5O/c1-6-16-14-13(9(2)3)15(19-8-18-14)17-7-12-10(4)20-21-11(12)5/h8-9H,6-7H2,1-5H3,(H2,16,17,18,19). The Hall–Kier alpha value is -2.11. The van der Waals surface area contributed by atoms with E-state index in [0.717, 1.165) is 40.8 Å². The van der Waals surface area contributed by atoms with Gasteiger partial charge in [-0.2, -0.15) is 0 Å². The second kappa shape index (κ2) is 6.56.